The molecule has 94 valence electrons. The molecule has 0 aliphatic rings. The molecule has 7 heteroatoms. The van der Waals surface area contributed by atoms with Gasteiger partial charge < -0.3 is 5.11 Å². The molecular formula is C11H7Cl3N2O2. The quantitative estimate of drug-likeness (QED) is 0.823. The van der Waals surface area contributed by atoms with Crippen molar-refractivity contribution in [3.05, 3.63) is 49.6 Å². The third-order valence-electron chi connectivity index (χ3n) is 2.36. The minimum atomic E-state index is -0.571. The predicted octanol–water partition coefficient (Wildman–Crippen LogP) is 3.21. The summed E-state index contributed by atoms with van der Waals surface area (Å²) in [6.07, 6.45) is 1.34. The summed E-state index contributed by atoms with van der Waals surface area (Å²) in [7, 11) is 0. The van der Waals surface area contributed by atoms with Crippen LogP contribution in [0.1, 0.15) is 5.69 Å². The summed E-state index contributed by atoms with van der Waals surface area (Å²) in [5, 5.41) is 9.64. The maximum Gasteiger partial charge on any atom is 0.277 e. The SMILES string of the molecule is Cc1cc(O)c(Cl)c(=O)n1-c1cc(Cl)ncc1Cl. The summed E-state index contributed by atoms with van der Waals surface area (Å²) in [6.45, 7) is 1.64. The second-order valence-electron chi connectivity index (χ2n) is 3.58. The highest BCUT2D eigenvalue weighted by atomic mass is 35.5. The number of pyridine rings is 2. The molecule has 0 spiro atoms. The third kappa shape index (κ3) is 2.19. The van der Waals surface area contributed by atoms with Crippen LogP contribution in [0.25, 0.3) is 5.69 Å². The number of hydrogen-bond acceptors (Lipinski definition) is 3. The van der Waals surface area contributed by atoms with E-state index >= 15 is 0 Å². The van der Waals surface area contributed by atoms with Crippen LogP contribution in [0.5, 0.6) is 5.75 Å². The van der Waals surface area contributed by atoms with Gasteiger partial charge in [-0.05, 0) is 6.92 Å². The smallest absolute Gasteiger partial charge is 0.277 e. The molecule has 0 saturated heterocycles. The van der Waals surface area contributed by atoms with E-state index in [1.165, 1.54) is 22.9 Å². The van der Waals surface area contributed by atoms with Crippen LogP contribution in [-0.2, 0) is 0 Å². The average molecular weight is 306 g/mol. The number of nitrogens with zero attached hydrogens (tertiary/aromatic N) is 2. The molecule has 2 aromatic heterocycles. The highest BCUT2D eigenvalue weighted by Crippen LogP contribution is 2.26. The van der Waals surface area contributed by atoms with Crippen molar-refractivity contribution >= 4 is 34.8 Å². The molecule has 2 heterocycles. The Balaban J connectivity index is 2.84. The maximum atomic E-state index is 12.0. The second kappa shape index (κ2) is 4.80. The molecule has 4 nitrogen and oxygen atoms in total. The Morgan fingerprint density at radius 2 is 1.94 bits per heavy atom. The van der Waals surface area contributed by atoms with Crippen molar-refractivity contribution in [1.29, 1.82) is 0 Å². The fourth-order valence-electron chi connectivity index (χ4n) is 1.57. The summed E-state index contributed by atoms with van der Waals surface area (Å²) in [4.78, 5) is 15.8. The lowest BCUT2D eigenvalue weighted by atomic mass is 10.3. The van der Waals surface area contributed by atoms with Gasteiger partial charge in [0.2, 0.25) is 0 Å². The number of rotatable bonds is 1. The van der Waals surface area contributed by atoms with Crippen molar-refractivity contribution in [3.8, 4) is 11.4 Å². The molecule has 2 aromatic rings. The molecule has 0 amide bonds. The second-order valence-corrected chi connectivity index (χ2v) is 4.76. The molecule has 2 rings (SSSR count). The first-order valence-corrected chi connectivity index (χ1v) is 5.97. The largest absolute Gasteiger partial charge is 0.506 e. The molecule has 0 atom stereocenters. The van der Waals surface area contributed by atoms with E-state index in [9.17, 15) is 9.90 Å². The van der Waals surface area contributed by atoms with Crippen molar-refractivity contribution in [2.45, 2.75) is 6.92 Å². The number of halogens is 3. The van der Waals surface area contributed by atoms with Crippen LogP contribution in [0.4, 0.5) is 0 Å². The van der Waals surface area contributed by atoms with E-state index < -0.39 is 5.56 Å². The van der Waals surface area contributed by atoms with Gasteiger partial charge in [-0.15, -0.1) is 0 Å². The lowest BCUT2D eigenvalue weighted by Crippen LogP contribution is -2.21. The van der Waals surface area contributed by atoms with E-state index in [2.05, 4.69) is 4.98 Å². The van der Waals surface area contributed by atoms with Crippen molar-refractivity contribution in [2.24, 2.45) is 0 Å². The van der Waals surface area contributed by atoms with Crippen LogP contribution in [0.3, 0.4) is 0 Å². The van der Waals surface area contributed by atoms with Crippen LogP contribution in [0.2, 0.25) is 15.2 Å². The number of hydrogen-bond donors (Lipinski definition) is 1. The lowest BCUT2D eigenvalue weighted by Gasteiger charge is -2.12. The zero-order valence-corrected chi connectivity index (χ0v) is 11.4. The number of aromatic hydroxyl groups is 1. The molecule has 18 heavy (non-hydrogen) atoms. The van der Waals surface area contributed by atoms with Gasteiger partial charge in [0.05, 0.1) is 10.7 Å². The molecule has 0 fully saturated rings. The van der Waals surface area contributed by atoms with E-state index in [1.807, 2.05) is 0 Å². The Labute approximate surface area is 117 Å². The molecule has 0 aromatic carbocycles. The minimum absolute atomic E-state index is 0.199. The molecule has 0 aliphatic heterocycles. The first kappa shape index (κ1) is 13.2. The summed E-state index contributed by atoms with van der Waals surface area (Å²) in [5.74, 6) is -0.272. The molecule has 0 aliphatic carbocycles. The monoisotopic (exact) mass is 304 g/mol. The summed E-state index contributed by atoms with van der Waals surface area (Å²) in [6, 6.07) is 2.82. The van der Waals surface area contributed by atoms with E-state index in [0.29, 0.717) is 11.4 Å². The Hall–Kier alpha value is -1.23. The Kier molecular flexibility index (Phi) is 3.52. The summed E-state index contributed by atoms with van der Waals surface area (Å²) in [5.41, 5.74) is 0.269. The zero-order valence-electron chi connectivity index (χ0n) is 9.12. The van der Waals surface area contributed by atoms with Crippen molar-refractivity contribution < 1.29 is 5.11 Å². The van der Waals surface area contributed by atoms with Crippen LogP contribution in [-0.4, -0.2) is 14.7 Å². The standard InChI is InChI=1S/C11H7Cl3N2O2/c1-5-2-8(17)10(14)11(18)16(5)7-3-9(13)15-4-6(7)12/h2-4,17H,1H3. The maximum absolute atomic E-state index is 12.0. The Morgan fingerprint density at radius 3 is 2.61 bits per heavy atom. The summed E-state index contributed by atoms with van der Waals surface area (Å²) < 4.78 is 1.26. The molecule has 0 bridgehead atoms. The fourth-order valence-corrected chi connectivity index (χ4v) is 2.05. The van der Waals surface area contributed by atoms with Gasteiger partial charge in [-0.1, -0.05) is 34.8 Å². The normalized spacial score (nSPS) is 10.7. The van der Waals surface area contributed by atoms with Gasteiger partial charge in [0.1, 0.15) is 15.9 Å². The van der Waals surface area contributed by atoms with Crippen molar-refractivity contribution in [2.75, 3.05) is 0 Å². The molecule has 0 saturated carbocycles. The molecule has 1 N–H and O–H groups in total. The van der Waals surface area contributed by atoms with Gasteiger partial charge in [-0.25, -0.2) is 4.98 Å². The van der Waals surface area contributed by atoms with Gasteiger partial charge in [0, 0.05) is 24.0 Å². The van der Waals surface area contributed by atoms with Crippen LogP contribution < -0.4 is 5.56 Å². The van der Waals surface area contributed by atoms with E-state index in [4.69, 9.17) is 34.8 Å². The molecule has 0 radical (unpaired) electrons. The van der Waals surface area contributed by atoms with Gasteiger partial charge >= 0.3 is 0 Å². The fraction of sp³-hybridized carbons (Fsp3) is 0.0909. The lowest BCUT2D eigenvalue weighted by molar-refractivity contribution is 0.472. The average Bonchev–Trinajstić information content (AvgIpc) is 2.31. The first-order valence-electron chi connectivity index (χ1n) is 4.84. The topological polar surface area (TPSA) is 55.1 Å². The van der Waals surface area contributed by atoms with Crippen molar-refractivity contribution in [1.82, 2.24) is 9.55 Å². The van der Waals surface area contributed by atoms with Gasteiger partial charge in [0.15, 0.2) is 0 Å². The van der Waals surface area contributed by atoms with Gasteiger partial charge in [-0.2, -0.15) is 0 Å². The van der Waals surface area contributed by atoms with Crippen LogP contribution in [0.15, 0.2) is 23.1 Å². The highest BCUT2D eigenvalue weighted by molar-refractivity contribution is 6.34. The van der Waals surface area contributed by atoms with Gasteiger partial charge in [-0.3, -0.25) is 9.36 Å². The zero-order chi connectivity index (χ0) is 13.4. The predicted molar refractivity (Wildman–Crippen MR) is 71.3 cm³/mol. The van der Waals surface area contributed by atoms with Crippen LogP contribution in [0, 0.1) is 6.92 Å². The minimum Gasteiger partial charge on any atom is -0.506 e. The first-order chi connectivity index (χ1) is 8.41. The van der Waals surface area contributed by atoms with Crippen LogP contribution >= 0.6 is 34.8 Å². The molecule has 0 unspecified atom stereocenters. The van der Waals surface area contributed by atoms with E-state index in [1.54, 1.807) is 6.92 Å². The van der Waals surface area contributed by atoms with Crippen molar-refractivity contribution in [3.63, 3.8) is 0 Å². The Morgan fingerprint density at radius 1 is 1.28 bits per heavy atom. The third-order valence-corrected chi connectivity index (χ3v) is 3.21. The number of aromatic nitrogens is 2. The highest BCUT2D eigenvalue weighted by Gasteiger charge is 2.14. The van der Waals surface area contributed by atoms with E-state index in [-0.39, 0.29) is 20.9 Å². The number of aryl methyl sites for hydroxylation is 1. The molecular weight excluding hydrogens is 298 g/mol. The van der Waals surface area contributed by atoms with Gasteiger partial charge in [0.25, 0.3) is 5.56 Å². The van der Waals surface area contributed by atoms with E-state index in [0.717, 1.165) is 0 Å². The summed E-state index contributed by atoms with van der Waals surface area (Å²) >= 11 is 17.5. The Bertz CT molecular complexity index is 683.